The molecule has 2 nitrogen and oxygen atoms in total. The lowest BCUT2D eigenvalue weighted by Crippen LogP contribution is -2.24. The molecular formula is C15H22O2. The van der Waals surface area contributed by atoms with E-state index < -0.39 is 0 Å². The van der Waals surface area contributed by atoms with Gasteiger partial charge in [0.25, 0.3) is 0 Å². The average molecular weight is 234 g/mol. The smallest absolute Gasteiger partial charge is 0.167 e. The van der Waals surface area contributed by atoms with Crippen LogP contribution in [-0.2, 0) is 9.47 Å². The number of allylic oxidation sites excluding steroid dienone is 1. The third-order valence-corrected chi connectivity index (χ3v) is 2.91. The molecule has 1 aromatic rings. The van der Waals surface area contributed by atoms with Gasteiger partial charge in [0.15, 0.2) is 6.29 Å². The van der Waals surface area contributed by atoms with Gasteiger partial charge < -0.3 is 9.47 Å². The third-order valence-electron chi connectivity index (χ3n) is 2.91. The van der Waals surface area contributed by atoms with Crippen molar-refractivity contribution in [2.75, 3.05) is 14.2 Å². The van der Waals surface area contributed by atoms with Crippen molar-refractivity contribution in [2.45, 2.75) is 32.5 Å². The van der Waals surface area contributed by atoms with E-state index in [2.05, 4.69) is 32.1 Å². The number of benzene rings is 1. The summed E-state index contributed by atoms with van der Waals surface area (Å²) in [6, 6.07) is 10.3. The minimum Gasteiger partial charge on any atom is -0.355 e. The molecule has 1 rings (SSSR count). The molecule has 0 saturated carbocycles. The fraction of sp³-hybridized carbons (Fsp3) is 0.467. The highest BCUT2D eigenvalue weighted by molar-refractivity contribution is 5.29. The highest BCUT2D eigenvalue weighted by Gasteiger charge is 2.23. The summed E-state index contributed by atoms with van der Waals surface area (Å²) in [6.45, 7) is 4.27. The predicted molar refractivity (Wildman–Crippen MR) is 71.0 cm³/mol. The van der Waals surface area contributed by atoms with Crippen LogP contribution in [0.5, 0.6) is 0 Å². The van der Waals surface area contributed by atoms with Gasteiger partial charge >= 0.3 is 0 Å². The number of hydrogen-bond donors (Lipinski definition) is 0. The second-order valence-electron chi connectivity index (χ2n) is 4.08. The molecule has 0 aliphatic carbocycles. The zero-order valence-electron chi connectivity index (χ0n) is 11.1. The summed E-state index contributed by atoms with van der Waals surface area (Å²) in [6.07, 6.45) is 3.01. The summed E-state index contributed by atoms with van der Waals surface area (Å²) < 4.78 is 10.8. The van der Waals surface area contributed by atoms with Crippen LogP contribution < -0.4 is 0 Å². The molecule has 2 heteroatoms. The van der Waals surface area contributed by atoms with Crippen LogP contribution in [0.4, 0.5) is 0 Å². The first-order valence-electron chi connectivity index (χ1n) is 6.01. The van der Waals surface area contributed by atoms with Gasteiger partial charge in [-0.25, -0.2) is 0 Å². The van der Waals surface area contributed by atoms with Crippen molar-refractivity contribution in [2.24, 2.45) is 0 Å². The number of hydrogen-bond acceptors (Lipinski definition) is 2. The van der Waals surface area contributed by atoms with E-state index in [1.54, 1.807) is 14.2 Å². The third kappa shape index (κ3) is 3.69. The fourth-order valence-corrected chi connectivity index (χ4v) is 2.11. The van der Waals surface area contributed by atoms with E-state index in [0.717, 1.165) is 6.42 Å². The van der Waals surface area contributed by atoms with Crippen LogP contribution in [-0.4, -0.2) is 20.5 Å². The fourth-order valence-electron chi connectivity index (χ4n) is 2.11. The second-order valence-corrected chi connectivity index (χ2v) is 4.08. The van der Waals surface area contributed by atoms with E-state index in [4.69, 9.17) is 9.47 Å². The van der Waals surface area contributed by atoms with Gasteiger partial charge in [-0.05, 0) is 18.9 Å². The first kappa shape index (κ1) is 13.9. The van der Waals surface area contributed by atoms with Crippen molar-refractivity contribution in [3.63, 3.8) is 0 Å². The van der Waals surface area contributed by atoms with Gasteiger partial charge in [-0.2, -0.15) is 0 Å². The van der Waals surface area contributed by atoms with Crippen LogP contribution in [0.2, 0.25) is 0 Å². The Balaban J connectivity index is 3.06. The van der Waals surface area contributed by atoms with Crippen LogP contribution >= 0.6 is 0 Å². The number of rotatable bonds is 6. The van der Waals surface area contributed by atoms with E-state index in [-0.39, 0.29) is 12.2 Å². The van der Waals surface area contributed by atoms with Crippen molar-refractivity contribution in [1.82, 2.24) is 0 Å². The average Bonchev–Trinajstić information content (AvgIpc) is 2.37. The molecule has 0 aromatic heterocycles. The molecule has 0 radical (unpaired) electrons. The van der Waals surface area contributed by atoms with E-state index >= 15 is 0 Å². The topological polar surface area (TPSA) is 18.5 Å². The molecule has 0 aliphatic heterocycles. The summed E-state index contributed by atoms with van der Waals surface area (Å²) in [4.78, 5) is 0. The van der Waals surface area contributed by atoms with E-state index in [1.807, 2.05) is 18.2 Å². The minimum atomic E-state index is -0.236. The lowest BCUT2D eigenvalue weighted by atomic mass is 9.90. The Morgan fingerprint density at radius 2 is 1.76 bits per heavy atom. The summed E-state index contributed by atoms with van der Waals surface area (Å²) in [5.41, 5.74) is 2.51. The molecule has 1 atom stereocenters. The lowest BCUT2D eigenvalue weighted by molar-refractivity contribution is -0.111. The molecule has 0 heterocycles. The Labute approximate surface area is 104 Å². The maximum Gasteiger partial charge on any atom is 0.167 e. The first-order chi connectivity index (χ1) is 8.24. The van der Waals surface area contributed by atoms with Crippen molar-refractivity contribution < 1.29 is 9.47 Å². The van der Waals surface area contributed by atoms with Gasteiger partial charge in [0.2, 0.25) is 0 Å². The summed E-state index contributed by atoms with van der Waals surface area (Å²) >= 11 is 0. The molecule has 0 amide bonds. The van der Waals surface area contributed by atoms with Crippen molar-refractivity contribution in [1.29, 1.82) is 0 Å². The summed E-state index contributed by atoms with van der Waals surface area (Å²) in [7, 11) is 3.37. The van der Waals surface area contributed by atoms with Crippen LogP contribution in [0.1, 0.15) is 31.7 Å². The molecule has 1 unspecified atom stereocenters. The zero-order valence-corrected chi connectivity index (χ0v) is 11.1. The van der Waals surface area contributed by atoms with Gasteiger partial charge in [0.1, 0.15) is 0 Å². The molecule has 94 valence electrons. The quantitative estimate of drug-likeness (QED) is 0.551. The number of ether oxygens (including phenoxy) is 2. The highest BCUT2D eigenvalue weighted by Crippen LogP contribution is 2.29. The summed E-state index contributed by atoms with van der Waals surface area (Å²) in [5, 5.41) is 0. The van der Waals surface area contributed by atoms with Gasteiger partial charge in [0, 0.05) is 14.2 Å². The zero-order chi connectivity index (χ0) is 12.7. The number of methoxy groups -OCH3 is 2. The predicted octanol–water partition coefficient (Wildman–Crippen LogP) is 3.75. The lowest BCUT2D eigenvalue weighted by Gasteiger charge is -2.26. The Kier molecular flexibility index (Phi) is 5.95. The van der Waals surface area contributed by atoms with Gasteiger partial charge in [-0.15, -0.1) is 0 Å². The molecule has 1 aromatic carbocycles. The maximum atomic E-state index is 5.42. The van der Waals surface area contributed by atoms with Crippen LogP contribution in [0.15, 0.2) is 42.0 Å². The monoisotopic (exact) mass is 234 g/mol. The van der Waals surface area contributed by atoms with Gasteiger partial charge in [0.05, 0.1) is 5.92 Å². The highest BCUT2D eigenvalue weighted by atomic mass is 16.7. The van der Waals surface area contributed by atoms with Crippen LogP contribution in [0, 0.1) is 0 Å². The van der Waals surface area contributed by atoms with Crippen molar-refractivity contribution in [3.05, 3.63) is 47.5 Å². The van der Waals surface area contributed by atoms with Crippen LogP contribution in [0.3, 0.4) is 0 Å². The Morgan fingerprint density at radius 3 is 2.24 bits per heavy atom. The van der Waals surface area contributed by atoms with Gasteiger partial charge in [-0.3, -0.25) is 0 Å². The Hall–Kier alpha value is -1.12. The van der Waals surface area contributed by atoms with Crippen LogP contribution in [0.25, 0.3) is 0 Å². The molecule has 17 heavy (non-hydrogen) atoms. The Bertz CT molecular complexity index is 339. The largest absolute Gasteiger partial charge is 0.355 e. The SMILES string of the molecule is CCC=C(C)C(c1ccccc1)C(OC)OC. The molecular weight excluding hydrogens is 212 g/mol. The standard InChI is InChI=1S/C15H22O2/c1-5-9-12(2)14(15(16-3)17-4)13-10-7-6-8-11-13/h6-11,14-15H,5H2,1-4H3. The normalized spacial score (nSPS) is 14.1. The van der Waals surface area contributed by atoms with Gasteiger partial charge in [-0.1, -0.05) is 48.9 Å². The van der Waals surface area contributed by atoms with E-state index in [9.17, 15) is 0 Å². The molecule has 0 saturated heterocycles. The summed E-state index contributed by atoms with van der Waals surface area (Å²) in [5.74, 6) is 0.158. The Morgan fingerprint density at radius 1 is 1.18 bits per heavy atom. The second kappa shape index (κ2) is 7.25. The molecule has 0 aliphatic rings. The first-order valence-corrected chi connectivity index (χ1v) is 6.01. The maximum absolute atomic E-state index is 5.42. The van der Waals surface area contributed by atoms with E-state index in [1.165, 1.54) is 11.1 Å². The molecule has 0 fully saturated rings. The minimum absolute atomic E-state index is 0.158. The molecule has 0 N–H and O–H groups in total. The van der Waals surface area contributed by atoms with Crippen molar-refractivity contribution >= 4 is 0 Å². The molecule has 0 spiro atoms. The van der Waals surface area contributed by atoms with Crippen molar-refractivity contribution in [3.8, 4) is 0 Å². The molecule has 0 bridgehead atoms. The van der Waals surface area contributed by atoms with E-state index in [0.29, 0.717) is 0 Å².